The number of ether oxygens (including phenoxy) is 1. The fourth-order valence-electron chi connectivity index (χ4n) is 1.77. The average Bonchev–Trinajstić information content (AvgIpc) is 2.48. The first kappa shape index (κ1) is 17.1. The van der Waals surface area contributed by atoms with Crippen molar-refractivity contribution in [3.05, 3.63) is 62.6 Å². The molecule has 6 nitrogen and oxygen atoms in total. The number of nitrogens with one attached hydrogen (secondary N) is 1. The third kappa shape index (κ3) is 4.58. The largest absolute Gasteiger partial charge is 0.481 e. The van der Waals surface area contributed by atoms with E-state index in [-0.39, 0.29) is 16.4 Å². The number of amides is 1. The SMILES string of the molecule is C[C@H](Oc1cccc(Cl)c1)C(=O)Nc1ccc(Cl)c([N+](=O)[O-])c1. The normalized spacial score (nSPS) is 11.6. The molecule has 0 aliphatic rings. The van der Waals surface area contributed by atoms with Gasteiger partial charge in [-0.3, -0.25) is 14.9 Å². The Labute approximate surface area is 142 Å². The molecule has 0 saturated heterocycles. The van der Waals surface area contributed by atoms with E-state index in [0.29, 0.717) is 10.8 Å². The van der Waals surface area contributed by atoms with E-state index < -0.39 is 16.9 Å². The standard InChI is InChI=1S/C15H12Cl2N2O4/c1-9(23-12-4-2-3-10(16)7-12)15(20)18-11-5-6-13(17)14(8-11)19(21)22/h2-9H,1H3,(H,18,20)/t9-/m0/s1. The van der Waals surface area contributed by atoms with Crippen LogP contribution in [0.25, 0.3) is 0 Å². The van der Waals surface area contributed by atoms with E-state index >= 15 is 0 Å². The van der Waals surface area contributed by atoms with Crippen molar-refractivity contribution < 1.29 is 14.5 Å². The maximum atomic E-state index is 12.1. The first-order chi connectivity index (χ1) is 10.9. The summed E-state index contributed by atoms with van der Waals surface area (Å²) in [6, 6.07) is 10.6. The van der Waals surface area contributed by atoms with Crippen molar-refractivity contribution in [1.29, 1.82) is 0 Å². The fraction of sp³-hybridized carbons (Fsp3) is 0.133. The molecule has 0 radical (unpaired) electrons. The Hall–Kier alpha value is -2.31. The van der Waals surface area contributed by atoms with E-state index in [1.165, 1.54) is 18.2 Å². The van der Waals surface area contributed by atoms with Gasteiger partial charge < -0.3 is 10.1 Å². The number of carbonyl (C=O) groups excluding carboxylic acids is 1. The first-order valence-electron chi connectivity index (χ1n) is 6.54. The highest BCUT2D eigenvalue weighted by Gasteiger charge is 2.18. The highest BCUT2D eigenvalue weighted by Crippen LogP contribution is 2.27. The van der Waals surface area contributed by atoms with Gasteiger partial charge in [0, 0.05) is 16.8 Å². The Kier molecular flexibility index (Phi) is 5.41. The van der Waals surface area contributed by atoms with Gasteiger partial charge in [-0.1, -0.05) is 29.3 Å². The zero-order valence-electron chi connectivity index (χ0n) is 12.0. The lowest BCUT2D eigenvalue weighted by Gasteiger charge is -2.15. The Morgan fingerprint density at radius 3 is 2.65 bits per heavy atom. The van der Waals surface area contributed by atoms with Crippen LogP contribution < -0.4 is 10.1 Å². The van der Waals surface area contributed by atoms with Crippen LogP contribution in [0.5, 0.6) is 5.75 Å². The zero-order chi connectivity index (χ0) is 17.0. The van der Waals surface area contributed by atoms with E-state index in [2.05, 4.69) is 5.32 Å². The van der Waals surface area contributed by atoms with Crippen LogP contribution in [0.4, 0.5) is 11.4 Å². The summed E-state index contributed by atoms with van der Waals surface area (Å²) in [7, 11) is 0. The second-order valence-electron chi connectivity index (χ2n) is 4.63. The average molecular weight is 355 g/mol. The number of carbonyl (C=O) groups is 1. The number of hydrogen-bond acceptors (Lipinski definition) is 4. The number of rotatable bonds is 5. The highest BCUT2D eigenvalue weighted by molar-refractivity contribution is 6.32. The summed E-state index contributed by atoms with van der Waals surface area (Å²) >= 11 is 11.6. The molecule has 2 rings (SSSR count). The molecule has 0 heterocycles. The molecule has 0 aliphatic heterocycles. The maximum Gasteiger partial charge on any atom is 0.289 e. The van der Waals surface area contributed by atoms with Crippen LogP contribution >= 0.6 is 23.2 Å². The molecular weight excluding hydrogens is 343 g/mol. The van der Waals surface area contributed by atoms with Gasteiger partial charge in [-0.2, -0.15) is 0 Å². The lowest BCUT2D eigenvalue weighted by molar-refractivity contribution is -0.384. The van der Waals surface area contributed by atoms with Crippen LogP contribution in [0.1, 0.15) is 6.92 Å². The molecule has 2 aromatic carbocycles. The summed E-state index contributed by atoms with van der Waals surface area (Å²) in [5.41, 5.74) is -0.0273. The number of nitrogens with zero attached hydrogens (tertiary/aromatic N) is 1. The Bertz CT molecular complexity index is 752. The summed E-state index contributed by atoms with van der Waals surface area (Å²) in [6.07, 6.45) is -0.816. The molecule has 2 aromatic rings. The molecule has 0 bridgehead atoms. The van der Waals surface area contributed by atoms with Gasteiger partial charge in [0.25, 0.3) is 11.6 Å². The van der Waals surface area contributed by atoms with E-state index in [1.54, 1.807) is 31.2 Å². The zero-order valence-corrected chi connectivity index (χ0v) is 13.5. The Morgan fingerprint density at radius 2 is 2.00 bits per heavy atom. The minimum atomic E-state index is -0.816. The van der Waals surface area contributed by atoms with Crippen LogP contribution in [0.3, 0.4) is 0 Å². The van der Waals surface area contributed by atoms with Crippen molar-refractivity contribution in [1.82, 2.24) is 0 Å². The lowest BCUT2D eigenvalue weighted by atomic mass is 10.2. The highest BCUT2D eigenvalue weighted by atomic mass is 35.5. The van der Waals surface area contributed by atoms with Gasteiger partial charge in [-0.05, 0) is 37.3 Å². The van der Waals surface area contributed by atoms with Gasteiger partial charge in [-0.15, -0.1) is 0 Å². The fourth-order valence-corrected chi connectivity index (χ4v) is 2.14. The number of benzene rings is 2. The molecule has 1 N–H and O–H groups in total. The molecule has 0 aliphatic carbocycles. The second kappa shape index (κ2) is 7.30. The van der Waals surface area contributed by atoms with Crippen molar-refractivity contribution in [3.63, 3.8) is 0 Å². The minimum Gasteiger partial charge on any atom is -0.481 e. The molecule has 0 aromatic heterocycles. The second-order valence-corrected chi connectivity index (χ2v) is 5.47. The van der Waals surface area contributed by atoms with Crippen LogP contribution in [0.15, 0.2) is 42.5 Å². The smallest absolute Gasteiger partial charge is 0.289 e. The van der Waals surface area contributed by atoms with E-state index in [9.17, 15) is 14.9 Å². The van der Waals surface area contributed by atoms with E-state index in [1.807, 2.05) is 0 Å². The third-order valence-electron chi connectivity index (χ3n) is 2.89. The number of halogens is 2. The molecule has 1 amide bonds. The van der Waals surface area contributed by atoms with Gasteiger partial charge in [0.05, 0.1) is 4.92 Å². The van der Waals surface area contributed by atoms with Crippen LogP contribution in [-0.2, 0) is 4.79 Å². The van der Waals surface area contributed by atoms with Gasteiger partial charge in [-0.25, -0.2) is 0 Å². The summed E-state index contributed by atoms with van der Waals surface area (Å²) in [4.78, 5) is 22.3. The summed E-state index contributed by atoms with van der Waals surface area (Å²) < 4.78 is 5.47. The molecule has 8 heteroatoms. The number of nitro groups is 1. The number of hydrogen-bond donors (Lipinski definition) is 1. The monoisotopic (exact) mass is 354 g/mol. The van der Waals surface area contributed by atoms with Crippen molar-refractivity contribution in [3.8, 4) is 5.75 Å². The summed E-state index contributed by atoms with van der Waals surface area (Å²) in [6.45, 7) is 1.56. The molecule has 120 valence electrons. The van der Waals surface area contributed by atoms with Crippen molar-refractivity contribution in [2.75, 3.05) is 5.32 Å². The van der Waals surface area contributed by atoms with Crippen LogP contribution in [0.2, 0.25) is 10.0 Å². The Morgan fingerprint density at radius 1 is 1.26 bits per heavy atom. The lowest BCUT2D eigenvalue weighted by Crippen LogP contribution is -2.30. The quantitative estimate of drug-likeness (QED) is 0.640. The van der Waals surface area contributed by atoms with Crippen molar-refractivity contribution in [2.45, 2.75) is 13.0 Å². The molecule has 23 heavy (non-hydrogen) atoms. The third-order valence-corrected chi connectivity index (χ3v) is 3.44. The predicted molar refractivity (Wildman–Crippen MR) is 88.3 cm³/mol. The molecule has 0 fully saturated rings. The van der Waals surface area contributed by atoms with Gasteiger partial charge in [0.1, 0.15) is 10.8 Å². The molecule has 0 unspecified atom stereocenters. The molecular formula is C15H12Cl2N2O4. The summed E-state index contributed by atoms with van der Waals surface area (Å²) in [5.74, 6) is -0.0103. The van der Waals surface area contributed by atoms with Crippen molar-refractivity contribution in [2.24, 2.45) is 0 Å². The van der Waals surface area contributed by atoms with E-state index in [0.717, 1.165) is 0 Å². The molecule has 0 spiro atoms. The molecule has 1 atom stereocenters. The summed E-state index contributed by atoms with van der Waals surface area (Å²) in [5, 5.41) is 13.9. The topological polar surface area (TPSA) is 81.5 Å². The van der Waals surface area contributed by atoms with E-state index in [4.69, 9.17) is 27.9 Å². The maximum absolute atomic E-state index is 12.1. The van der Waals surface area contributed by atoms with Gasteiger partial charge in [0.15, 0.2) is 6.10 Å². The Balaban J connectivity index is 2.06. The van der Waals surface area contributed by atoms with Crippen LogP contribution in [-0.4, -0.2) is 16.9 Å². The number of nitro benzene ring substituents is 1. The number of anilines is 1. The molecule has 0 saturated carbocycles. The first-order valence-corrected chi connectivity index (χ1v) is 7.29. The minimum absolute atomic E-state index is 0.00350. The van der Waals surface area contributed by atoms with Crippen LogP contribution in [0, 0.1) is 10.1 Å². The van der Waals surface area contributed by atoms with Gasteiger partial charge in [0.2, 0.25) is 0 Å². The predicted octanol–water partition coefficient (Wildman–Crippen LogP) is 4.31. The van der Waals surface area contributed by atoms with Crippen molar-refractivity contribution >= 4 is 40.5 Å². The van der Waals surface area contributed by atoms with Gasteiger partial charge >= 0.3 is 0 Å².